The highest BCUT2D eigenvalue weighted by Gasteiger charge is 2.36. The molecule has 0 N–H and O–H groups in total. The molecular weight excluding hydrogens is 1120 g/mol. The fourth-order valence-electron chi connectivity index (χ4n) is 15.7. The van der Waals surface area contributed by atoms with Crippen LogP contribution in [0.2, 0.25) is 0 Å². The Morgan fingerprint density at radius 3 is 0.891 bits per heavy atom. The first-order valence-corrected chi connectivity index (χ1v) is 31.2. The minimum atomic E-state index is 0.485. The third kappa shape index (κ3) is 6.81. The molecule has 0 fully saturated rings. The summed E-state index contributed by atoms with van der Waals surface area (Å²) < 4.78 is 24.5. The number of rotatable bonds is 7. The zero-order valence-electron chi connectivity index (χ0n) is 49.3. The lowest BCUT2D eigenvalue weighted by Crippen LogP contribution is -2.16. The summed E-state index contributed by atoms with van der Waals surface area (Å²) in [6.07, 6.45) is 0. The van der Waals surface area contributed by atoms with Crippen molar-refractivity contribution in [1.82, 2.24) is 18.3 Å². The third-order valence-corrected chi connectivity index (χ3v) is 19.4. The van der Waals surface area contributed by atoms with Crippen molar-refractivity contribution >= 4 is 131 Å². The second-order valence-electron chi connectivity index (χ2n) is 24.0. The van der Waals surface area contributed by atoms with Gasteiger partial charge in [-0.05, 0) is 77.4 Å². The first-order chi connectivity index (χ1) is 45.7. The number of fused-ring (bicyclic) bond motifs is 20. The molecule has 0 atom stereocenters. The van der Waals surface area contributed by atoms with Crippen LogP contribution in [-0.2, 0) is 0 Å². The average Bonchev–Trinajstić information content (AvgIpc) is 1.43. The highest BCUT2D eigenvalue weighted by molar-refractivity contribution is 6.28. The first kappa shape index (κ1) is 50.4. The maximum atomic E-state index is 13.2. The van der Waals surface area contributed by atoms with Gasteiger partial charge in [0.25, 0.3) is 0 Å². The van der Waals surface area contributed by atoms with Gasteiger partial charge in [-0.3, -0.25) is 0 Å². The third-order valence-electron chi connectivity index (χ3n) is 19.4. The fraction of sp³-hybridized carbons (Fsp3) is 0. The van der Waals surface area contributed by atoms with Crippen LogP contribution in [0.15, 0.2) is 306 Å². The van der Waals surface area contributed by atoms with Crippen molar-refractivity contribution in [3.63, 3.8) is 0 Å². The molecule has 92 heavy (non-hydrogen) atoms. The number of para-hydroxylation sites is 8. The van der Waals surface area contributed by atoms with Gasteiger partial charge in [0.2, 0.25) is 0 Å². The van der Waals surface area contributed by atoms with E-state index in [4.69, 9.17) is 8.83 Å². The van der Waals surface area contributed by atoms with Gasteiger partial charge in [0.05, 0.1) is 77.7 Å². The first-order valence-electron chi connectivity index (χ1n) is 31.2. The average molecular weight is 1170 g/mol. The number of hydrogen-bond donors (Lipinski definition) is 0. The Bertz CT molecular complexity index is 6090. The van der Waals surface area contributed by atoms with Crippen molar-refractivity contribution in [2.75, 3.05) is 0 Å². The van der Waals surface area contributed by atoms with Gasteiger partial charge in [0.15, 0.2) is 0 Å². The molecule has 0 aliphatic rings. The second-order valence-corrected chi connectivity index (χ2v) is 24.0. The van der Waals surface area contributed by atoms with Gasteiger partial charge in [0.1, 0.15) is 34.0 Å². The normalized spacial score (nSPS) is 12.1. The van der Waals surface area contributed by atoms with E-state index in [-0.39, 0.29) is 0 Å². The molecule has 0 radical (unpaired) electrons. The van der Waals surface area contributed by atoms with E-state index >= 15 is 0 Å². The van der Waals surface area contributed by atoms with Gasteiger partial charge in [-0.2, -0.15) is 5.26 Å². The Hall–Kier alpha value is -12.6. The molecule has 0 saturated carbocycles. The molecule has 0 aliphatic heterocycles. The summed E-state index contributed by atoms with van der Waals surface area (Å²) in [4.78, 5) is 0. The van der Waals surface area contributed by atoms with Crippen LogP contribution in [0.5, 0.6) is 0 Å². The lowest BCUT2D eigenvalue weighted by molar-refractivity contribution is 0.673. The molecule has 0 bridgehead atoms. The van der Waals surface area contributed by atoms with Crippen LogP contribution in [-0.4, -0.2) is 18.3 Å². The van der Waals surface area contributed by atoms with Gasteiger partial charge < -0.3 is 27.1 Å². The number of furan rings is 2. The van der Waals surface area contributed by atoms with Crippen molar-refractivity contribution in [2.45, 2.75) is 0 Å². The van der Waals surface area contributed by atoms with Gasteiger partial charge in [0, 0.05) is 70.6 Å². The van der Waals surface area contributed by atoms with Crippen LogP contribution >= 0.6 is 0 Å². The maximum Gasteiger partial charge on any atom is 0.145 e. The molecule has 20 aromatic rings. The van der Waals surface area contributed by atoms with Gasteiger partial charge >= 0.3 is 0 Å². The standard InChI is InChI=1S/C85H49N5O2/c86-50-66-78(87-67-40-16-10-30-56(67)57-31-11-17-41-68(57)87)80(89-71-44-20-14-34-64(71)76-73(89)48-46-62-60-38-22-36-54(82(60)91-84(62)76)51-24-4-1-5-25-51)75(53-28-8-3-9-29-53)81(79(66)88-69-42-18-12-32-58(69)59-33-13-19-43-70(59)88)90-72-45-21-15-35-65(72)77-74(90)49-47-63-61-39-23-37-55(83(61)92-85(63)77)52-26-6-2-7-27-52/h1-49H. The largest absolute Gasteiger partial charge is 0.455 e. The van der Waals surface area contributed by atoms with Crippen molar-refractivity contribution in [3.05, 3.63) is 303 Å². The highest BCUT2D eigenvalue weighted by atomic mass is 16.3. The summed E-state index contributed by atoms with van der Waals surface area (Å²) in [5.74, 6) is 0. The zero-order valence-corrected chi connectivity index (χ0v) is 49.3. The van der Waals surface area contributed by atoms with Crippen molar-refractivity contribution in [2.24, 2.45) is 0 Å². The van der Waals surface area contributed by atoms with Crippen molar-refractivity contribution in [1.29, 1.82) is 5.26 Å². The molecule has 0 saturated heterocycles. The summed E-state index contributed by atoms with van der Waals surface area (Å²) in [6.45, 7) is 0. The summed E-state index contributed by atoms with van der Waals surface area (Å²) in [5, 5.41) is 25.6. The van der Waals surface area contributed by atoms with Crippen LogP contribution in [0, 0.1) is 11.3 Å². The SMILES string of the molecule is N#Cc1c(-n2c3ccccc3c3ccccc32)c(-n2c3ccccc3c3c4oc5c(-c6ccccc6)cccc5c4ccc32)c(-c2ccccc2)c(-n2c3ccccc3c3c4oc5c(-c6ccccc6)cccc5c4ccc32)c1-n1c2ccccc2c2ccccc21. The van der Waals surface area contributed by atoms with Crippen LogP contribution in [0.25, 0.3) is 187 Å². The summed E-state index contributed by atoms with van der Waals surface area (Å²) in [7, 11) is 0. The molecule has 6 aromatic heterocycles. The molecule has 14 aromatic carbocycles. The Labute approximate surface area is 525 Å². The minimum absolute atomic E-state index is 0.485. The second kappa shape index (κ2) is 19.2. The Morgan fingerprint density at radius 2 is 0.522 bits per heavy atom. The number of aromatic nitrogens is 4. The number of hydrogen-bond acceptors (Lipinski definition) is 3. The predicted octanol–water partition coefficient (Wildman–Crippen LogP) is 22.7. The lowest BCUT2D eigenvalue weighted by Gasteiger charge is -2.29. The molecule has 0 amide bonds. The number of benzene rings is 14. The summed E-state index contributed by atoms with van der Waals surface area (Å²) >= 11 is 0. The van der Waals surface area contributed by atoms with E-state index in [0.29, 0.717) is 5.56 Å². The van der Waals surface area contributed by atoms with E-state index < -0.39 is 0 Å². The lowest BCUT2D eigenvalue weighted by atomic mass is 9.93. The maximum absolute atomic E-state index is 13.2. The zero-order chi connectivity index (χ0) is 60.3. The molecule has 0 spiro atoms. The highest BCUT2D eigenvalue weighted by Crippen LogP contribution is 2.54. The van der Waals surface area contributed by atoms with E-state index in [0.717, 1.165) is 187 Å². The molecular formula is C85H49N5O2. The summed E-state index contributed by atoms with van der Waals surface area (Å²) in [6, 6.07) is 109. The van der Waals surface area contributed by atoms with Gasteiger partial charge in [-0.1, -0.05) is 237 Å². The quantitative estimate of drug-likeness (QED) is 0.160. The van der Waals surface area contributed by atoms with E-state index in [2.05, 4.69) is 322 Å². The molecule has 20 rings (SSSR count). The number of nitrogens with zero attached hydrogens (tertiary/aromatic N) is 5. The van der Waals surface area contributed by atoms with Crippen molar-refractivity contribution < 1.29 is 8.83 Å². The monoisotopic (exact) mass is 1170 g/mol. The molecule has 0 aliphatic carbocycles. The van der Waals surface area contributed by atoms with Crippen LogP contribution in [0.1, 0.15) is 5.56 Å². The molecule has 7 heteroatoms. The molecule has 426 valence electrons. The molecule has 6 heterocycles. The topological polar surface area (TPSA) is 69.8 Å². The Morgan fingerprint density at radius 1 is 0.228 bits per heavy atom. The Balaban J connectivity index is 1.05. The van der Waals surface area contributed by atoms with Gasteiger partial charge in [-0.25, -0.2) is 0 Å². The fourth-order valence-corrected chi connectivity index (χ4v) is 15.7. The molecule has 7 nitrogen and oxygen atoms in total. The van der Waals surface area contributed by atoms with E-state index in [1.54, 1.807) is 0 Å². The van der Waals surface area contributed by atoms with Crippen molar-refractivity contribution in [3.8, 4) is 62.2 Å². The Kier molecular flexibility index (Phi) is 10.5. The van der Waals surface area contributed by atoms with E-state index in [1.807, 2.05) is 0 Å². The van der Waals surface area contributed by atoms with E-state index in [1.165, 1.54) is 0 Å². The predicted molar refractivity (Wildman–Crippen MR) is 379 cm³/mol. The van der Waals surface area contributed by atoms with Gasteiger partial charge in [-0.15, -0.1) is 0 Å². The minimum Gasteiger partial charge on any atom is -0.455 e. The van der Waals surface area contributed by atoms with Crippen LogP contribution < -0.4 is 0 Å². The number of nitriles is 1. The van der Waals surface area contributed by atoms with E-state index in [9.17, 15) is 5.26 Å². The smallest absolute Gasteiger partial charge is 0.145 e. The van der Waals surface area contributed by atoms with Crippen LogP contribution in [0.3, 0.4) is 0 Å². The van der Waals surface area contributed by atoms with Crippen LogP contribution in [0.4, 0.5) is 0 Å². The molecule has 0 unspecified atom stereocenters. The summed E-state index contributed by atoms with van der Waals surface area (Å²) in [5.41, 5.74) is 20.6.